The van der Waals surface area contributed by atoms with Crippen molar-refractivity contribution in [3.05, 3.63) is 124 Å². The molecule has 5 heteroatoms. The normalized spacial score (nSPS) is 16.5. The molecule has 3 aliphatic carbocycles. The molecule has 0 fully saturated rings. The van der Waals surface area contributed by atoms with Crippen LogP contribution in [0.1, 0.15) is 52.6 Å². The second kappa shape index (κ2) is 9.28. The van der Waals surface area contributed by atoms with Crippen LogP contribution < -0.4 is 0 Å². The minimum atomic E-state index is -4.10. The van der Waals surface area contributed by atoms with Crippen LogP contribution in [0.25, 0.3) is 17.3 Å². The molecule has 0 unspecified atom stereocenters. The fraction of sp³-hybridized carbons (Fsp3) is 0.200. The molecule has 0 atom stereocenters. The average Bonchev–Trinajstić information content (AvgIpc) is 2.89. The molecule has 3 aliphatic rings. The number of benzene rings is 3. The highest BCUT2D eigenvalue weighted by molar-refractivity contribution is 7.49. The zero-order valence-corrected chi connectivity index (χ0v) is 20.4. The van der Waals surface area contributed by atoms with Crippen LogP contribution in [0.3, 0.4) is 0 Å². The van der Waals surface area contributed by atoms with Crippen LogP contribution in [-0.4, -0.2) is 0 Å². The van der Waals surface area contributed by atoms with Crippen LogP contribution >= 0.6 is 7.82 Å². The van der Waals surface area contributed by atoms with Gasteiger partial charge in [0.2, 0.25) is 0 Å². The Morgan fingerprint density at radius 1 is 0.486 bits per heavy atom. The van der Waals surface area contributed by atoms with E-state index in [0.29, 0.717) is 17.3 Å². The lowest BCUT2D eigenvalue weighted by atomic mass is 9.96. The molecule has 0 aliphatic heterocycles. The summed E-state index contributed by atoms with van der Waals surface area (Å²) in [4.78, 5) is 0. The highest BCUT2D eigenvalue weighted by Crippen LogP contribution is 2.60. The van der Waals surface area contributed by atoms with Gasteiger partial charge in [-0.1, -0.05) is 72.8 Å². The maximum Gasteiger partial charge on any atom is 0.647 e. The van der Waals surface area contributed by atoms with E-state index in [1.165, 1.54) is 16.7 Å². The fourth-order valence-corrected chi connectivity index (χ4v) is 6.37. The number of rotatable bonds is 6. The number of allylic oxidation sites excluding steroid dienone is 3. The first-order valence-electron chi connectivity index (χ1n) is 12.2. The summed E-state index contributed by atoms with van der Waals surface area (Å²) in [5.74, 6) is 1.64. The van der Waals surface area contributed by atoms with Gasteiger partial charge in [0, 0.05) is 16.7 Å². The molecule has 0 radical (unpaired) electrons. The van der Waals surface area contributed by atoms with Crippen molar-refractivity contribution in [3.8, 4) is 0 Å². The third-order valence-corrected chi connectivity index (χ3v) is 7.97. The van der Waals surface area contributed by atoms with Crippen molar-refractivity contribution >= 4 is 25.1 Å². The standard InChI is InChI=1S/C30H27O4P/c31-35(32-28-19-7-13-22-10-1-4-16-25(22)28,33-29-20-8-14-23-11-2-5-17-26(23)29)34-30-21-9-15-24-12-3-6-18-27(24)30/h1-6,10-12,16-21H,7-9,13-15H2. The molecule has 0 aromatic heterocycles. The van der Waals surface area contributed by atoms with Crippen LogP contribution in [-0.2, 0) is 37.4 Å². The van der Waals surface area contributed by atoms with Gasteiger partial charge in [-0.25, -0.2) is 0 Å². The third kappa shape index (κ3) is 4.47. The Morgan fingerprint density at radius 2 is 0.800 bits per heavy atom. The van der Waals surface area contributed by atoms with E-state index in [4.69, 9.17) is 13.6 Å². The molecule has 0 saturated heterocycles. The van der Waals surface area contributed by atoms with Crippen molar-refractivity contribution in [2.45, 2.75) is 38.5 Å². The molecule has 0 saturated carbocycles. The van der Waals surface area contributed by atoms with Crippen LogP contribution in [0.2, 0.25) is 0 Å². The Kier molecular flexibility index (Phi) is 5.83. The topological polar surface area (TPSA) is 44.8 Å². The largest absolute Gasteiger partial charge is 0.647 e. The van der Waals surface area contributed by atoms with Crippen molar-refractivity contribution in [2.24, 2.45) is 0 Å². The van der Waals surface area contributed by atoms with E-state index < -0.39 is 7.82 Å². The predicted molar refractivity (Wildman–Crippen MR) is 139 cm³/mol. The van der Waals surface area contributed by atoms with Gasteiger partial charge >= 0.3 is 7.82 Å². The van der Waals surface area contributed by atoms with Gasteiger partial charge in [0.25, 0.3) is 0 Å². The van der Waals surface area contributed by atoms with Gasteiger partial charge < -0.3 is 13.6 Å². The first-order chi connectivity index (χ1) is 17.2. The molecule has 3 aromatic carbocycles. The van der Waals surface area contributed by atoms with Crippen LogP contribution in [0, 0.1) is 0 Å². The summed E-state index contributed by atoms with van der Waals surface area (Å²) in [6.07, 6.45) is 11.1. The summed E-state index contributed by atoms with van der Waals surface area (Å²) >= 11 is 0. The minimum Gasteiger partial charge on any atom is -0.386 e. The third-order valence-electron chi connectivity index (χ3n) is 6.71. The first-order valence-corrected chi connectivity index (χ1v) is 13.7. The quantitative estimate of drug-likeness (QED) is 0.333. The van der Waals surface area contributed by atoms with Gasteiger partial charge in [-0.2, -0.15) is 4.57 Å². The van der Waals surface area contributed by atoms with E-state index in [2.05, 4.69) is 18.2 Å². The highest BCUT2D eigenvalue weighted by atomic mass is 31.2. The van der Waals surface area contributed by atoms with Crippen molar-refractivity contribution in [1.82, 2.24) is 0 Å². The van der Waals surface area contributed by atoms with Crippen molar-refractivity contribution in [3.63, 3.8) is 0 Å². The maximum atomic E-state index is 14.5. The second-order valence-corrected chi connectivity index (χ2v) is 10.5. The number of phosphoric acid groups is 1. The number of fused-ring (bicyclic) bond motifs is 3. The molecule has 0 heterocycles. The Hall–Kier alpha value is -3.49. The van der Waals surface area contributed by atoms with E-state index in [1.54, 1.807) is 0 Å². The average molecular weight is 483 g/mol. The lowest BCUT2D eigenvalue weighted by Gasteiger charge is -2.28. The Morgan fingerprint density at radius 3 is 1.14 bits per heavy atom. The lowest BCUT2D eigenvalue weighted by molar-refractivity contribution is 0.256. The first kappa shape index (κ1) is 22.0. The SMILES string of the molecule is O=P(OC1=CCCc2ccccc21)(OC1=CCCc2ccccc21)OC1=CCCc2ccccc21. The number of phosphoric ester groups is 1. The van der Waals surface area contributed by atoms with E-state index in [9.17, 15) is 4.57 Å². The molecule has 35 heavy (non-hydrogen) atoms. The molecule has 6 rings (SSSR count). The van der Waals surface area contributed by atoms with Gasteiger partial charge in [0.1, 0.15) is 17.3 Å². The Balaban J connectivity index is 1.37. The van der Waals surface area contributed by atoms with Gasteiger partial charge in [-0.05, 0) is 73.4 Å². The molecule has 4 nitrogen and oxygen atoms in total. The summed E-state index contributed by atoms with van der Waals surface area (Å²) in [5, 5.41) is 0. The minimum absolute atomic E-state index is 0.546. The predicted octanol–water partition coefficient (Wildman–Crippen LogP) is 8.11. The molecule has 3 aromatic rings. The fourth-order valence-electron chi connectivity index (χ4n) is 5.02. The van der Waals surface area contributed by atoms with E-state index in [-0.39, 0.29) is 0 Å². The lowest BCUT2D eigenvalue weighted by Crippen LogP contribution is -2.08. The smallest absolute Gasteiger partial charge is 0.386 e. The van der Waals surface area contributed by atoms with Crippen LogP contribution in [0.5, 0.6) is 0 Å². The van der Waals surface area contributed by atoms with E-state index in [0.717, 1.165) is 55.2 Å². The monoisotopic (exact) mass is 482 g/mol. The Labute approximate surface area is 206 Å². The van der Waals surface area contributed by atoms with Crippen molar-refractivity contribution in [2.75, 3.05) is 0 Å². The number of hydrogen-bond donors (Lipinski definition) is 0. The number of hydrogen-bond acceptors (Lipinski definition) is 4. The molecular weight excluding hydrogens is 455 g/mol. The zero-order chi connectivity index (χ0) is 23.7. The van der Waals surface area contributed by atoms with Gasteiger partial charge in [-0.3, -0.25) is 0 Å². The summed E-state index contributed by atoms with van der Waals surface area (Å²) in [6, 6.07) is 24.2. The number of aryl methyl sites for hydroxylation is 3. The molecular formula is C30H27O4P. The molecule has 0 bridgehead atoms. The van der Waals surface area contributed by atoms with Gasteiger partial charge in [-0.15, -0.1) is 0 Å². The summed E-state index contributed by atoms with van der Waals surface area (Å²) < 4.78 is 33.2. The van der Waals surface area contributed by atoms with Crippen LogP contribution in [0.15, 0.2) is 91.0 Å². The van der Waals surface area contributed by atoms with Crippen molar-refractivity contribution in [1.29, 1.82) is 0 Å². The Bertz CT molecular complexity index is 1250. The summed E-state index contributed by atoms with van der Waals surface area (Å²) in [5.41, 5.74) is 6.30. The van der Waals surface area contributed by atoms with Crippen molar-refractivity contribution < 1.29 is 18.1 Å². The van der Waals surface area contributed by atoms with Gasteiger partial charge in [0.05, 0.1) is 0 Å². The zero-order valence-electron chi connectivity index (χ0n) is 19.5. The summed E-state index contributed by atoms with van der Waals surface area (Å²) in [6.45, 7) is 0. The molecule has 0 N–H and O–H groups in total. The highest BCUT2D eigenvalue weighted by Gasteiger charge is 2.38. The molecule has 176 valence electrons. The maximum absolute atomic E-state index is 14.5. The van der Waals surface area contributed by atoms with Gasteiger partial charge in [0.15, 0.2) is 0 Å². The van der Waals surface area contributed by atoms with E-state index in [1.807, 2.05) is 72.8 Å². The molecule has 0 spiro atoms. The van der Waals surface area contributed by atoms with E-state index >= 15 is 0 Å². The summed E-state index contributed by atoms with van der Waals surface area (Å²) in [7, 11) is -4.10. The second-order valence-electron chi connectivity index (χ2n) is 9.01. The molecule has 0 amide bonds. The van der Waals surface area contributed by atoms with Crippen LogP contribution in [0.4, 0.5) is 0 Å².